The van der Waals surface area contributed by atoms with Crippen molar-refractivity contribution in [3.8, 4) is 0 Å². The number of aromatic nitrogens is 1. The molecule has 0 radical (unpaired) electrons. The molecule has 17 heavy (non-hydrogen) atoms. The number of halogens is 2. The highest BCUT2D eigenvalue weighted by Gasteiger charge is 2.26. The number of pyridine rings is 1. The van der Waals surface area contributed by atoms with Crippen LogP contribution in [0.2, 0.25) is 5.02 Å². The van der Waals surface area contributed by atoms with E-state index >= 15 is 0 Å². The lowest BCUT2D eigenvalue weighted by Crippen LogP contribution is -2.38. The standard InChI is InChI=1S/C12H17BrClN3/c1-2-15-8-10-4-3-5-17(10)12-11(13)6-9(14)7-16-12/h6-7,10,15H,2-5,8H2,1H3. The fourth-order valence-electron chi connectivity index (χ4n) is 2.26. The normalized spacial score (nSPS) is 19.9. The summed E-state index contributed by atoms with van der Waals surface area (Å²) < 4.78 is 0.980. The third-order valence-corrected chi connectivity index (χ3v) is 3.86. The van der Waals surface area contributed by atoms with Crippen LogP contribution in [0.5, 0.6) is 0 Å². The Kier molecular flexibility index (Phi) is 4.65. The predicted octanol–water partition coefficient (Wildman–Crippen LogP) is 3.08. The molecule has 94 valence electrons. The Bertz CT molecular complexity index is 386. The van der Waals surface area contributed by atoms with Gasteiger partial charge in [0.05, 0.1) is 9.50 Å². The molecular weight excluding hydrogens is 302 g/mol. The average Bonchev–Trinajstić information content (AvgIpc) is 2.74. The molecule has 1 N–H and O–H groups in total. The van der Waals surface area contributed by atoms with Crippen LogP contribution in [0.1, 0.15) is 19.8 Å². The van der Waals surface area contributed by atoms with Crippen LogP contribution in [-0.4, -0.2) is 30.7 Å². The quantitative estimate of drug-likeness (QED) is 0.925. The van der Waals surface area contributed by atoms with E-state index in [0.717, 1.165) is 29.9 Å². The van der Waals surface area contributed by atoms with Crippen molar-refractivity contribution in [2.75, 3.05) is 24.5 Å². The van der Waals surface area contributed by atoms with Gasteiger partial charge in [0.25, 0.3) is 0 Å². The summed E-state index contributed by atoms with van der Waals surface area (Å²) in [5.74, 6) is 1.01. The second-order valence-electron chi connectivity index (χ2n) is 4.26. The van der Waals surface area contributed by atoms with Gasteiger partial charge in [-0.25, -0.2) is 4.98 Å². The molecular formula is C12H17BrClN3. The highest BCUT2D eigenvalue weighted by atomic mass is 79.9. The zero-order chi connectivity index (χ0) is 12.3. The van der Waals surface area contributed by atoms with Gasteiger partial charge >= 0.3 is 0 Å². The van der Waals surface area contributed by atoms with Crippen LogP contribution >= 0.6 is 27.5 Å². The predicted molar refractivity (Wildman–Crippen MR) is 75.9 cm³/mol. The SMILES string of the molecule is CCNCC1CCCN1c1ncc(Cl)cc1Br. The molecule has 0 aliphatic carbocycles. The summed E-state index contributed by atoms with van der Waals surface area (Å²) in [6, 6.07) is 2.45. The summed E-state index contributed by atoms with van der Waals surface area (Å²) in [5.41, 5.74) is 0. The fraction of sp³-hybridized carbons (Fsp3) is 0.583. The summed E-state index contributed by atoms with van der Waals surface area (Å²) in [6.07, 6.45) is 4.17. The van der Waals surface area contributed by atoms with Crippen LogP contribution in [-0.2, 0) is 0 Å². The zero-order valence-corrected chi connectivity index (χ0v) is 12.3. The largest absolute Gasteiger partial charge is 0.351 e. The summed E-state index contributed by atoms with van der Waals surface area (Å²) in [7, 11) is 0. The van der Waals surface area contributed by atoms with Crippen molar-refractivity contribution in [1.29, 1.82) is 0 Å². The van der Waals surface area contributed by atoms with E-state index < -0.39 is 0 Å². The zero-order valence-electron chi connectivity index (χ0n) is 9.92. The lowest BCUT2D eigenvalue weighted by atomic mass is 10.2. The molecule has 2 heterocycles. The molecule has 1 aromatic heterocycles. The number of nitrogens with one attached hydrogen (secondary N) is 1. The van der Waals surface area contributed by atoms with Crippen LogP contribution in [0.3, 0.4) is 0 Å². The molecule has 1 saturated heterocycles. The smallest absolute Gasteiger partial charge is 0.143 e. The topological polar surface area (TPSA) is 28.2 Å². The average molecular weight is 319 g/mol. The Morgan fingerprint density at radius 1 is 1.65 bits per heavy atom. The molecule has 0 amide bonds. The summed E-state index contributed by atoms with van der Waals surface area (Å²) in [5, 5.41) is 4.08. The molecule has 0 aromatic carbocycles. The van der Waals surface area contributed by atoms with E-state index in [4.69, 9.17) is 11.6 Å². The molecule has 3 nitrogen and oxygen atoms in total. The first-order valence-corrected chi connectivity index (χ1v) is 7.18. The number of hydrogen-bond donors (Lipinski definition) is 1. The molecule has 1 fully saturated rings. The number of anilines is 1. The molecule has 1 unspecified atom stereocenters. The van der Waals surface area contributed by atoms with E-state index in [2.05, 4.69) is 38.1 Å². The maximum atomic E-state index is 5.92. The summed E-state index contributed by atoms with van der Waals surface area (Å²) in [6.45, 7) is 5.24. The van der Waals surface area contributed by atoms with Crippen molar-refractivity contribution >= 4 is 33.3 Å². The molecule has 0 saturated carbocycles. The Morgan fingerprint density at radius 3 is 3.18 bits per heavy atom. The molecule has 1 aromatic rings. The lowest BCUT2D eigenvalue weighted by Gasteiger charge is -2.26. The fourth-order valence-corrected chi connectivity index (χ4v) is 3.12. The van der Waals surface area contributed by atoms with E-state index in [1.54, 1.807) is 6.20 Å². The maximum absolute atomic E-state index is 5.92. The van der Waals surface area contributed by atoms with E-state index in [-0.39, 0.29) is 0 Å². The number of nitrogens with zero attached hydrogens (tertiary/aromatic N) is 2. The van der Waals surface area contributed by atoms with Crippen molar-refractivity contribution in [1.82, 2.24) is 10.3 Å². The molecule has 1 atom stereocenters. The van der Waals surface area contributed by atoms with Gasteiger partial charge in [-0.1, -0.05) is 18.5 Å². The second-order valence-corrected chi connectivity index (χ2v) is 5.55. The Balaban J connectivity index is 2.14. The summed E-state index contributed by atoms with van der Waals surface area (Å²) >= 11 is 9.46. The van der Waals surface area contributed by atoms with Crippen molar-refractivity contribution in [2.45, 2.75) is 25.8 Å². The Labute approximate surface area is 116 Å². The van der Waals surface area contributed by atoms with Crippen LogP contribution in [0.25, 0.3) is 0 Å². The van der Waals surface area contributed by atoms with Crippen LogP contribution < -0.4 is 10.2 Å². The van der Waals surface area contributed by atoms with Crippen molar-refractivity contribution in [2.24, 2.45) is 0 Å². The van der Waals surface area contributed by atoms with Crippen LogP contribution in [0.4, 0.5) is 5.82 Å². The highest BCUT2D eigenvalue weighted by Crippen LogP contribution is 2.31. The van der Waals surface area contributed by atoms with Gasteiger partial charge in [0.2, 0.25) is 0 Å². The van der Waals surface area contributed by atoms with Gasteiger partial charge in [-0.15, -0.1) is 0 Å². The van der Waals surface area contributed by atoms with Gasteiger partial charge in [-0.2, -0.15) is 0 Å². The van der Waals surface area contributed by atoms with E-state index in [1.807, 2.05) is 6.07 Å². The highest BCUT2D eigenvalue weighted by molar-refractivity contribution is 9.10. The molecule has 2 rings (SSSR count). The molecule has 1 aliphatic rings. The first kappa shape index (κ1) is 13.1. The first-order valence-electron chi connectivity index (χ1n) is 6.00. The molecule has 0 spiro atoms. The van der Waals surface area contributed by atoms with Crippen molar-refractivity contribution in [3.05, 3.63) is 21.8 Å². The van der Waals surface area contributed by atoms with E-state index in [0.29, 0.717) is 11.1 Å². The lowest BCUT2D eigenvalue weighted by molar-refractivity contribution is 0.584. The third kappa shape index (κ3) is 3.12. The van der Waals surface area contributed by atoms with Gasteiger partial charge in [0.15, 0.2) is 0 Å². The Hall–Kier alpha value is -0.320. The maximum Gasteiger partial charge on any atom is 0.143 e. The Morgan fingerprint density at radius 2 is 2.47 bits per heavy atom. The van der Waals surface area contributed by atoms with Crippen LogP contribution in [0, 0.1) is 0 Å². The number of hydrogen-bond acceptors (Lipinski definition) is 3. The van der Waals surface area contributed by atoms with Gasteiger partial charge < -0.3 is 10.2 Å². The summed E-state index contributed by atoms with van der Waals surface area (Å²) in [4.78, 5) is 6.80. The minimum atomic E-state index is 0.542. The van der Waals surface area contributed by atoms with Gasteiger partial charge in [0, 0.05) is 25.3 Å². The molecule has 0 bridgehead atoms. The molecule has 1 aliphatic heterocycles. The minimum absolute atomic E-state index is 0.542. The molecule has 5 heteroatoms. The van der Waals surface area contributed by atoms with Gasteiger partial charge in [0.1, 0.15) is 5.82 Å². The minimum Gasteiger partial charge on any atom is -0.351 e. The third-order valence-electron chi connectivity index (χ3n) is 3.07. The number of rotatable bonds is 4. The first-order chi connectivity index (χ1) is 8.22. The van der Waals surface area contributed by atoms with Gasteiger partial charge in [-0.3, -0.25) is 0 Å². The second kappa shape index (κ2) is 6.03. The van der Waals surface area contributed by atoms with E-state index in [9.17, 15) is 0 Å². The van der Waals surface area contributed by atoms with Crippen molar-refractivity contribution in [3.63, 3.8) is 0 Å². The van der Waals surface area contributed by atoms with Gasteiger partial charge in [-0.05, 0) is 41.4 Å². The monoisotopic (exact) mass is 317 g/mol. The van der Waals surface area contributed by atoms with E-state index in [1.165, 1.54) is 12.8 Å². The van der Waals surface area contributed by atoms with Crippen molar-refractivity contribution < 1.29 is 0 Å². The number of likely N-dealkylation sites (N-methyl/N-ethyl adjacent to an activating group) is 1. The van der Waals surface area contributed by atoms with Crippen LogP contribution in [0.15, 0.2) is 16.7 Å².